The van der Waals surface area contributed by atoms with E-state index in [1.807, 2.05) is 12.1 Å². The summed E-state index contributed by atoms with van der Waals surface area (Å²) in [6.45, 7) is 0. The zero-order chi connectivity index (χ0) is 40.6. The Labute approximate surface area is 356 Å². The molecule has 0 N–H and O–H groups in total. The molecular weight excluding hydrogens is 739 g/mol. The lowest BCUT2D eigenvalue weighted by Gasteiger charge is -2.33. The fourth-order valence-corrected chi connectivity index (χ4v) is 9.17. The summed E-state index contributed by atoms with van der Waals surface area (Å²) >= 11 is 0. The Morgan fingerprint density at radius 2 is 0.557 bits per heavy atom. The summed E-state index contributed by atoms with van der Waals surface area (Å²) in [6.07, 6.45) is 0. The fourth-order valence-electron chi connectivity index (χ4n) is 9.17. The SMILES string of the molecule is c1ccc(-c2ccc(-c3ccc(-c4nc(-c5ccc(-c6ccccc6)cc5)nc(-c5cccc6c5-c5ccccc5C6(c5ccccc5)c5ccccc5)n4)cc3)cc2)cc1. The minimum absolute atomic E-state index is 0.536. The van der Waals surface area contributed by atoms with E-state index in [1.165, 1.54) is 44.5 Å². The highest BCUT2D eigenvalue weighted by Gasteiger charge is 2.47. The molecule has 0 saturated carbocycles. The van der Waals surface area contributed by atoms with Gasteiger partial charge in [0.25, 0.3) is 0 Å². The van der Waals surface area contributed by atoms with Crippen molar-refractivity contribution in [1.82, 2.24) is 15.0 Å². The van der Waals surface area contributed by atoms with Gasteiger partial charge in [0.2, 0.25) is 0 Å². The van der Waals surface area contributed by atoms with Crippen LogP contribution in [0.2, 0.25) is 0 Å². The molecule has 0 fully saturated rings. The van der Waals surface area contributed by atoms with E-state index in [4.69, 9.17) is 15.0 Å². The van der Waals surface area contributed by atoms with E-state index in [2.05, 4.69) is 224 Å². The Balaban J connectivity index is 1.07. The number of rotatable bonds is 8. The minimum atomic E-state index is -0.536. The third kappa shape index (κ3) is 6.35. The summed E-state index contributed by atoms with van der Waals surface area (Å²) < 4.78 is 0. The summed E-state index contributed by atoms with van der Waals surface area (Å²) in [7, 11) is 0. The lowest BCUT2D eigenvalue weighted by molar-refractivity contribution is 0.768. The quantitative estimate of drug-likeness (QED) is 0.154. The van der Waals surface area contributed by atoms with Crippen molar-refractivity contribution in [3.63, 3.8) is 0 Å². The van der Waals surface area contributed by atoms with Crippen molar-refractivity contribution < 1.29 is 0 Å². The second kappa shape index (κ2) is 15.3. The maximum Gasteiger partial charge on any atom is 0.164 e. The van der Waals surface area contributed by atoms with Crippen LogP contribution < -0.4 is 0 Å². The minimum Gasteiger partial charge on any atom is -0.208 e. The van der Waals surface area contributed by atoms with Crippen molar-refractivity contribution in [2.45, 2.75) is 5.41 Å². The normalized spacial score (nSPS) is 12.4. The first kappa shape index (κ1) is 36.1. The molecule has 1 aliphatic carbocycles. The van der Waals surface area contributed by atoms with Crippen LogP contribution in [-0.4, -0.2) is 15.0 Å². The van der Waals surface area contributed by atoms with Gasteiger partial charge in [-0.2, -0.15) is 0 Å². The van der Waals surface area contributed by atoms with E-state index < -0.39 is 5.41 Å². The van der Waals surface area contributed by atoms with Gasteiger partial charge in [0, 0.05) is 16.7 Å². The average molecular weight is 778 g/mol. The molecule has 1 heterocycles. The Morgan fingerprint density at radius 3 is 1.02 bits per heavy atom. The number of aromatic nitrogens is 3. The molecule has 11 rings (SSSR count). The van der Waals surface area contributed by atoms with E-state index in [0.717, 1.165) is 38.9 Å². The van der Waals surface area contributed by atoms with Crippen molar-refractivity contribution in [1.29, 1.82) is 0 Å². The average Bonchev–Trinajstić information content (AvgIpc) is 3.66. The van der Waals surface area contributed by atoms with Crippen molar-refractivity contribution in [3.8, 4) is 78.7 Å². The molecule has 0 bridgehead atoms. The van der Waals surface area contributed by atoms with E-state index in [9.17, 15) is 0 Å². The van der Waals surface area contributed by atoms with Gasteiger partial charge in [-0.05, 0) is 66.8 Å². The molecule has 0 unspecified atom stereocenters. The van der Waals surface area contributed by atoms with Crippen LogP contribution in [0.4, 0.5) is 0 Å². The van der Waals surface area contributed by atoms with Crippen LogP contribution >= 0.6 is 0 Å². The van der Waals surface area contributed by atoms with Crippen LogP contribution in [0.15, 0.2) is 237 Å². The highest BCUT2D eigenvalue weighted by atomic mass is 15.0. The van der Waals surface area contributed by atoms with E-state index >= 15 is 0 Å². The molecular formula is C58H39N3. The van der Waals surface area contributed by atoms with Gasteiger partial charge in [-0.15, -0.1) is 0 Å². The van der Waals surface area contributed by atoms with E-state index in [-0.39, 0.29) is 0 Å². The molecule has 0 atom stereocenters. The zero-order valence-electron chi connectivity index (χ0n) is 33.4. The molecule has 10 aromatic rings. The summed E-state index contributed by atoms with van der Waals surface area (Å²) in [6, 6.07) is 84.0. The van der Waals surface area contributed by atoms with Crippen LogP contribution in [0, 0.1) is 0 Å². The first-order chi connectivity index (χ1) is 30.2. The molecule has 61 heavy (non-hydrogen) atoms. The van der Waals surface area contributed by atoms with Crippen molar-refractivity contribution in [2.75, 3.05) is 0 Å². The van der Waals surface area contributed by atoms with Gasteiger partial charge in [0.1, 0.15) is 0 Å². The fraction of sp³-hybridized carbons (Fsp3) is 0.0172. The molecule has 0 aliphatic heterocycles. The number of fused-ring (bicyclic) bond motifs is 3. The van der Waals surface area contributed by atoms with Gasteiger partial charge in [-0.25, -0.2) is 15.0 Å². The van der Waals surface area contributed by atoms with Gasteiger partial charge in [-0.3, -0.25) is 0 Å². The topological polar surface area (TPSA) is 38.7 Å². The summed E-state index contributed by atoms with van der Waals surface area (Å²) in [5, 5.41) is 0. The van der Waals surface area contributed by atoms with E-state index in [1.54, 1.807) is 0 Å². The maximum atomic E-state index is 5.33. The molecule has 0 saturated heterocycles. The maximum absolute atomic E-state index is 5.33. The summed E-state index contributed by atoms with van der Waals surface area (Å²) in [5.74, 6) is 1.89. The Bertz CT molecular complexity index is 3090. The molecule has 0 spiro atoms. The Kier molecular flexibility index (Phi) is 9.05. The Morgan fingerprint density at radius 1 is 0.230 bits per heavy atom. The largest absolute Gasteiger partial charge is 0.208 e. The molecule has 1 aliphatic rings. The Hall–Kier alpha value is -8.01. The highest BCUT2D eigenvalue weighted by molar-refractivity contribution is 5.94. The van der Waals surface area contributed by atoms with Crippen LogP contribution in [0.25, 0.3) is 78.7 Å². The van der Waals surface area contributed by atoms with Crippen LogP contribution in [0.1, 0.15) is 22.3 Å². The van der Waals surface area contributed by atoms with Crippen LogP contribution in [-0.2, 0) is 5.41 Å². The first-order valence-electron chi connectivity index (χ1n) is 20.8. The second-order valence-corrected chi connectivity index (χ2v) is 15.5. The van der Waals surface area contributed by atoms with Gasteiger partial charge in [0.15, 0.2) is 17.5 Å². The van der Waals surface area contributed by atoms with Gasteiger partial charge >= 0.3 is 0 Å². The standard InChI is InChI=1S/C58H39N3/c1-5-16-40(17-6-1)42-28-30-44(31-29-42)45-34-38-47(39-35-45)56-59-55(46-36-32-43(33-37-46)41-18-7-2-8-19-41)60-57(61-56)51-25-15-27-53-54(51)50-24-13-14-26-52(50)58(53,48-20-9-3-10-21-48)49-22-11-4-12-23-49/h1-39H. The van der Waals surface area contributed by atoms with Crippen molar-refractivity contribution >= 4 is 0 Å². The monoisotopic (exact) mass is 777 g/mol. The molecule has 3 heteroatoms. The summed E-state index contributed by atoms with van der Waals surface area (Å²) in [5.41, 5.74) is 16.5. The molecule has 9 aromatic carbocycles. The lowest BCUT2D eigenvalue weighted by atomic mass is 9.67. The number of hydrogen-bond acceptors (Lipinski definition) is 3. The van der Waals surface area contributed by atoms with Gasteiger partial charge < -0.3 is 0 Å². The van der Waals surface area contributed by atoms with Gasteiger partial charge in [-0.1, -0.05) is 237 Å². The van der Waals surface area contributed by atoms with Crippen LogP contribution in [0.3, 0.4) is 0 Å². The molecule has 286 valence electrons. The lowest BCUT2D eigenvalue weighted by Crippen LogP contribution is -2.28. The number of nitrogens with zero attached hydrogens (tertiary/aromatic N) is 3. The highest BCUT2D eigenvalue weighted by Crippen LogP contribution is 2.58. The smallest absolute Gasteiger partial charge is 0.164 e. The van der Waals surface area contributed by atoms with Crippen LogP contribution in [0.5, 0.6) is 0 Å². The van der Waals surface area contributed by atoms with Gasteiger partial charge in [0.05, 0.1) is 5.41 Å². The molecule has 1 aromatic heterocycles. The third-order valence-corrected chi connectivity index (χ3v) is 12.1. The number of hydrogen-bond donors (Lipinski definition) is 0. The zero-order valence-corrected chi connectivity index (χ0v) is 33.4. The molecule has 0 radical (unpaired) electrons. The first-order valence-corrected chi connectivity index (χ1v) is 20.8. The second-order valence-electron chi connectivity index (χ2n) is 15.5. The van der Waals surface area contributed by atoms with Crippen molar-refractivity contribution in [2.24, 2.45) is 0 Å². The van der Waals surface area contributed by atoms with Crippen molar-refractivity contribution in [3.05, 3.63) is 259 Å². The molecule has 3 nitrogen and oxygen atoms in total. The predicted octanol–water partition coefficient (Wildman–Crippen LogP) is 14.2. The number of benzene rings is 9. The molecule has 0 amide bonds. The third-order valence-electron chi connectivity index (χ3n) is 12.1. The van der Waals surface area contributed by atoms with E-state index in [0.29, 0.717) is 17.5 Å². The summed E-state index contributed by atoms with van der Waals surface area (Å²) in [4.78, 5) is 15.8. The predicted molar refractivity (Wildman–Crippen MR) is 250 cm³/mol.